The summed E-state index contributed by atoms with van der Waals surface area (Å²) in [7, 11) is 1.66. The van der Waals surface area contributed by atoms with E-state index in [0.717, 1.165) is 35.5 Å². The number of ether oxygens (including phenoxy) is 2. The van der Waals surface area contributed by atoms with E-state index < -0.39 is 0 Å². The molecule has 0 saturated carbocycles. The maximum Gasteiger partial charge on any atom is 0.161 e. The Morgan fingerprint density at radius 3 is 2.94 bits per heavy atom. The minimum Gasteiger partial charge on any atom is -0.493 e. The molecule has 0 amide bonds. The standard InChI is InChI=1S/C12H16BrNO2/c1-15-12-7-9(13)4-5-11(12)16-10-3-2-6-14-8-10/h4-5,7,10,14H,2-3,6,8H2,1H3. The zero-order valence-corrected chi connectivity index (χ0v) is 10.9. The Balaban J connectivity index is 2.07. The Hall–Kier alpha value is -0.740. The van der Waals surface area contributed by atoms with E-state index in [1.165, 1.54) is 6.42 Å². The van der Waals surface area contributed by atoms with Gasteiger partial charge in [-0.2, -0.15) is 0 Å². The van der Waals surface area contributed by atoms with Crippen LogP contribution in [0.2, 0.25) is 0 Å². The van der Waals surface area contributed by atoms with Crippen molar-refractivity contribution in [3.63, 3.8) is 0 Å². The molecule has 1 atom stereocenters. The molecular weight excluding hydrogens is 270 g/mol. The van der Waals surface area contributed by atoms with E-state index in [4.69, 9.17) is 9.47 Å². The van der Waals surface area contributed by atoms with Gasteiger partial charge in [0, 0.05) is 11.0 Å². The van der Waals surface area contributed by atoms with Gasteiger partial charge in [0.05, 0.1) is 7.11 Å². The minimum absolute atomic E-state index is 0.254. The molecule has 0 bridgehead atoms. The maximum atomic E-state index is 5.92. The van der Waals surface area contributed by atoms with Crippen molar-refractivity contribution < 1.29 is 9.47 Å². The molecule has 1 fully saturated rings. The van der Waals surface area contributed by atoms with Gasteiger partial charge < -0.3 is 14.8 Å². The topological polar surface area (TPSA) is 30.5 Å². The van der Waals surface area contributed by atoms with Gasteiger partial charge in [-0.25, -0.2) is 0 Å². The monoisotopic (exact) mass is 285 g/mol. The number of methoxy groups -OCH3 is 1. The van der Waals surface area contributed by atoms with Gasteiger partial charge in [0.2, 0.25) is 0 Å². The molecule has 4 heteroatoms. The Bertz CT molecular complexity index is 351. The average Bonchev–Trinajstić information content (AvgIpc) is 2.33. The van der Waals surface area contributed by atoms with Crippen LogP contribution in [0.1, 0.15) is 12.8 Å². The zero-order chi connectivity index (χ0) is 11.4. The summed E-state index contributed by atoms with van der Waals surface area (Å²) in [4.78, 5) is 0. The third kappa shape index (κ3) is 2.89. The van der Waals surface area contributed by atoms with Crippen LogP contribution in [0.15, 0.2) is 22.7 Å². The van der Waals surface area contributed by atoms with Crippen LogP contribution < -0.4 is 14.8 Å². The normalized spacial score (nSPS) is 20.5. The summed E-state index contributed by atoms with van der Waals surface area (Å²) in [6.07, 6.45) is 2.53. The molecule has 0 aliphatic carbocycles. The molecule has 88 valence electrons. The lowest BCUT2D eigenvalue weighted by Crippen LogP contribution is -2.37. The molecule has 0 radical (unpaired) electrons. The highest BCUT2D eigenvalue weighted by Gasteiger charge is 2.16. The summed E-state index contributed by atoms with van der Waals surface area (Å²) in [6, 6.07) is 5.83. The van der Waals surface area contributed by atoms with E-state index in [0.29, 0.717) is 0 Å². The Labute approximate surface area is 104 Å². The van der Waals surface area contributed by atoms with Crippen molar-refractivity contribution in [3.8, 4) is 11.5 Å². The first-order chi connectivity index (χ1) is 7.79. The maximum absolute atomic E-state index is 5.92. The van der Waals surface area contributed by atoms with Gasteiger partial charge in [-0.1, -0.05) is 15.9 Å². The molecule has 1 aliphatic rings. The second kappa shape index (κ2) is 5.55. The number of hydrogen-bond donors (Lipinski definition) is 1. The summed E-state index contributed by atoms with van der Waals surface area (Å²) in [5.74, 6) is 1.60. The first-order valence-electron chi connectivity index (χ1n) is 5.50. The number of nitrogens with one attached hydrogen (secondary N) is 1. The van der Waals surface area contributed by atoms with Crippen LogP contribution in [-0.2, 0) is 0 Å². The highest BCUT2D eigenvalue weighted by Crippen LogP contribution is 2.31. The van der Waals surface area contributed by atoms with Gasteiger partial charge in [-0.05, 0) is 37.6 Å². The molecule has 1 aromatic rings. The highest BCUT2D eigenvalue weighted by molar-refractivity contribution is 9.10. The molecule has 3 nitrogen and oxygen atoms in total. The van der Waals surface area contributed by atoms with Crippen molar-refractivity contribution in [1.82, 2.24) is 5.32 Å². The van der Waals surface area contributed by atoms with E-state index >= 15 is 0 Å². The van der Waals surface area contributed by atoms with Crippen LogP contribution in [0.25, 0.3) is 0 Å². The van der Waals surface area contributed by atoms with E-state index in [1.807, 2.05) is 18.2 Å². The number of halogens is 1. The molecule has 2 rings (SSSR count). The van der Waals surface area contributed by atoms with Gasteiger partial charge in [-0.3, -0.25) is 0 Å². The average molecular weight is 286 g/mol. The fraction of sp³-hybridized carbons (Fsp3) is 0.500. The van der Waals surface area contributed by atoms with E-state index in [9.17, 15) is 0 Å². The Morgan fingerprint density at radius 1 is 1.38 bits per heavy atom. The van der Waals surface area contributed by atoms with Crippen molar-refractivity contribution in [2.75, 3.05) is 20.2 Å². The van der Waals surface area contributed by atoms with Crippen molar-refractivity contribution in [2.45, 2.75) is 18.9 Å². The first kappa shape index (κ1) is 11.7. The summed E-state index contributed by atoms with van der Waals surface area (Å²) in [5, 5.41) is 3.33. The summed E-state index contributed by atoms with van der Waals surface area (Å²) in [6.45, 7) is 2.01. The lowest BCUT2D eigenvalue weighted by atomic mass is 10.1. The Kier molecular flexibility index (Phi) is 4.07. The quantitative estimate of drug-likeness (QED) is 0.926. The predicted octanol–water partition coefficient (Wildman–Crippen LogP) is 2.59. The van der Waals surface area contributed by atoms with Crippen LogP contribution in [0.4, 0.5) is 0 Å². The number of piperidine rings is 1. The number of benzene rings is 1. The Morgan fingerprint density at radius 2 is 2.25 bits per heavy atom. The number of hydrogen-bond acceptors (Lipinski definition) is 3. The molecule has 1 heterocycles. The molecule has 0 aromatic heterocycles. The highest BCUT2D eigenvalue weighted by atomic mass is 79.9. The second-order valence-corrected chi connectivity index (χ2v) is 4.80. The summed E-state index contributed by atoms with van der Waals surface area (Å²) in [5.41, 5.74) is 0. The van der Waals surface area contributed by atoms with Crippen LogP contribution in [0.3, 0.4) is 0 Å². The number of rotatable bonds is 3. The van der Waals surface area contributed by atoms with E-state index in [-0.39, 0.29) is 6.10 Å². The largest absolute Gasteiger partial charge is 0.493 e. The van der Waals surface area contributed by atoms with E-state index in [1.54, 1.807) is 7.11 Å². The van der Waals surface area contributed by atoms with Gasteiger partial charge in [0.1, 0.15) is 6.10 Å². The third-order valence-electron chi connectivity index (χ3n) is 2.67. The molecule has 1 aromatic carbocycles. The summed E-state index contributed by atoms with van der Waals surface area (Å²) < 4.78 is 12.2. The van der Waals surface area contributed by atoms with Crippen LogP contribution in [0, 0.1) is 0 Å². The van der Waals surface area contributed by atoms with Gasteiger partial charge >= 0.3 is 0 Å². The van der Waals surface area contributed by atoms with E-state index in [2.05, 4.69) is 21.2 Å². The summed E-state index contributed by atoms with van der Waals surface area (Å²) >= 11 is 3.41. The van der Waals surface area contributed by atoms with Crippen LogP contribution in [-0.4, -0.2) is 26.3 Å². The molecule has 1 saturated heterocycles. The lowest BCUT2D eigenvalue weighted by molar-refractivity contribution is 0.161. The smallest absolute Gasteiger partial charge is 0.161 e. The predicted molar refractivity (Wildman–Crippen MR) is 67.2 cm³/mol. The molecule has 16 heavy (non-hydrogen) atoms. The van der Waals surface area contributed by atoms with Crippen LogP contribution in [0.5, 0.6) is 11.5 Å². The SMILES string of the molecule is COc1cc(Br)ccc1OC1CCCNC1. The second-order valence-electron chi connectivity index (χ2n) is 3.88. The fourth-order valence-electron chi connectivity index (χ4n) is 1.84. The minimum atomic E-state index is 0.254. The van der Waals surface area contributed by atoms with Gasteiger partial charge in [0.25, 0.3) is 0 Å². The van der Waals surface area contributed by atoms with Gasteiger partial charge in [-0.15, -0.1) is 0 Å². The van der Waals surface area contributed by atoms with Crippen molar-refractivity contribution in [3.05, 3.63) is 22.7 Å². The zero-order valence-electron chi connectivity index (χ0n) is 9.33. The molecule has 1 aliphatic heterocycles. The molecular formula is C12H16BrNO2. The third-order valence-corrected chi connectivity index (χ3v) is 3.16. The van der Waals surface area contributed by atoms with Gasteiger partial charge in [0.15, 0.2) is 11.5 Å². The van der Waals surface area contributed by atoms with Crippen LogP contribution >= 0.6 is 15.9 Å². The fourth-order valence-corrected chi connectivity index (χ4v) is 2.18. The van der Waals surface area contributed by atoms with Crippen molar-refractivity contribution >= 4 is 15.9 Å². The molecule has 0 spiro atoms. The molecule has 1 unspecified atom stereocenters. The van der Waals surface area contributed by atoms with Crippen molar-refractivity contribution in [2.24, 2.45) is 0 Å². The first-order valence-corrected chi connectivity index (χ1v) is 6.30. The lowest BCUT2D eigenvalue weighted by Gasteiger charge is -2.24. The van der Waals surface area contributed by atoms with Crippen molar-refractivity contribution in [1.29, 1.82) is 0 Å². The molecule has 1 N–H and O–H groups in total.